The van der Waals surface area contributed by atoms with Gasteiger partial charge in [0.1, 0.15) is 11.5 Å². The lowest BCUT2D eigenvalue weighted by Crippen LogP contribution is -2.48. The molecular weight excluding hydrogens is 610 g/mol. The molecule has 0 saturated carbocycles. The van der Waals surface area contributed by atoms with Crippen molar-refractivity contribution in [3.05, 3.63) is 48.0 Å². The molecular formula is C30H45N3O9S2. The minimum Gasteiger partial charge on any atom is -0.497 e. The molecule has 14 heteroatoms. The summed E-state index contributed by atoms with van der Waals surface area (Å²) in [5, 5.41) is 10.1. The fourth-order valence-corrected chi connectivity index (χ4v) is 6.68. The number of carbonyl (C=O) groups is 1. The highest BCUT2D eigenvalue weighted by Gasteiger charge is 2.32. The topological polar surface area (TPSA) is 152 Å². The number of aliphatic hydroxyl groups is 1. The van der Waals surface area contributed by atoms with Gasteiger partial charge in [0.05, 0.1) is 48.7 Å². The number of sulfonamides is 2. The molecule has 0 bridgehead atoms. The third-order valence-corrected chi connectivity index (χ3v) is 10.0. The summed E-state index contributed by atoms with van der Waals surface area (Å²) in [5.74, 6) is 0.0233. The van der Waals surface area contributed by atoms with Crippen LogP contribution in [0.25, 0.3) is 0 Å². The number of nitrogens with zero attached hydrogens (tertiary/aromatic N) is 2. The number of hydrogen-bond donors (Lipinski definition) is 2. The number of likely N-dealkylation sites (N-methyl/N-ethyl adjacent to an activating group) is 1. The molecule has 1 aliphatic heterocycles. The van der Waals surface area contributed by atoms with Crippen molar-refractivity contribution in [3.63, 3.8) is 0 Å². The minimum absolute atomic E-state index is 0.0313. The molecule has 0 aromatic heterocycles. The van der Waals surface area contributed by atoms with E-state index < -0.39 is 38.1 Å². The largest absolute Gasteiger partial charge is 0.497 e. The summed E-state index contributed by atoms with van der Waals surface area (Å²) in [6.45, 7) is 5.68. The average Bonchev–Trinajstić information content (AvgIpc) is 2.97. The smallest absolute Gasteiger partial charge is 0.258 e. The highest BCUT2D eigenvalue weighted by molar-refractivity contribution is 7.92. The molecule has 246 valence electrons. The molecule has 44 heavy (non-hydrogen) atoms. The quantitative estimate of drug-likeness (QED) is 0.415. The fourth-order valence-electron chi connectivity index (χ4n) is 4.94. The lowest BCUT2D eigenvalue weighted by molar-refractivity contribution is -0.00833. The van der Waals surface area contributed by atoms with Crippen LogP contribution < -0.4 is 14.2 Å². The molecule has 1 aliphatic rings. The second-order valence-electron chi connectivity index (χ2n) is 11.3. The van der Waals surface area contributed by atoms with Gasteiger partial charge < -0.3 is 24.2 Å². The Labute approximate surface area is 261 Å². The summed E-state index contributed by atoms with van der Waals surface area (Å²) in [6.07, 6.45) is 2.34. The monoisotopic (exact) mass is 655 g/mol. The average molecular weight is 656 g/mol. The summed E-state index contributed by atoms with van der Waals surface area (Å²) in [6, 6.07) is 10.1. The zero-order chi connectivity index (χ0) is 32.7. The van der Waals surface area contributed by atoms with Crippen LogP contribution in [0.1, 0.15) is 50.4 Å². The molecule has 2 N–H and O–H groups in total. The highest BCUT2D eigenvalue weighted by atomic mass is 32.2. The van der Waals surface area contributed by atoms with E-state index >= 15 is 0 Å². The predicted molar refractivity (Wildman–Crippen MR) is 168 cm³/mol. The first-order valence-electron chi connectivity index (χ1n) is 14.6. The molecule has 4 atom stereocenters. The molecule has 0 unspecified atom stereocenters. The van der Waals surface area contributed by atoms with Crippen LogP contribution in [-0.2, 0) is 24.8 Å². The molecule has 0 aliphatic carbocycles. The van der Waals surface area contributed by atoms with Crippen molar-refractivity contribution in [2.45, 2.75) is 63.2 Å². The fraction of sp³-hybridized carbons (Fsp3) is 0.567. The van der Waals surface area contributed by atoms with E-state index in [9.17, 15) is 26.7 Å². The van der Waals surface area contributed by atoms with Crippen LogP contribution in [0.3, 0.4) is 0 Å². The van der Waals surface area contributed by atoms with Crippen LogP contribution in [0.2, 0.25) is 0 Å². The lowest BCUT2D eigenvalue weighted by Gasteiger charge is -2.35. The maximum Gasteiger partial charge on any atom is 0.258 e. The van der Waals surface area contributed by atoms with Gasteiger partial charge in [-0.3, -0.25) is 9.52 Å². The van der Waals surface area contributed by atoms with Crippen LogP contribution in [0.4, 0.5) is 5.69 Å². The van der Waals surface area contributed by atoms with E-state index in [1.54, 1.807) is 25.1 Å². The molecule has 1 heterocycles. The SMILES string of the molecule is COc1ccc(S(=O)(=O)N(C)C[C@H]2OCCCC[C@@H](C)Oc3ccc(NS(C)(=O)=O)cc3C(=O)N([C@H](C)CO)C[C@H]2C)cc1. The molecule has 12 nitrogen and oxygen atoms in total. The van der Waals surface area contributed by atoms with E-state index in [0.717, 1.165) is 12.7 Å². The first-order chi connectivity index (χ1) is 20.7. The molecule has 0 spiro atoms. The summed E-state index contributed by atoms with van der Waals surface area (Å²) in [7, 11) is -4.47. The van der Waals surface area contributed by atoms with E-state index in [-0.39, 0.29) is 47.9 Å². The number of ether oxygens (including phenoxy) is 3. The Morgan fingerprint density at radius 2 is 1.80 bits per heavy atom. The molecule has 2 aromatic rings. The third kappa shape index (κ3) is 9.54. The van der Waals surface area contributed by atoms with Crippen molar-refractivity contribution in [3.8, 4) is 11.5 Å². The number of rotatable bonds is 9. The number of aliphatic hydroxyl groups excluding tert-OH is 1. The lowest BCUT2D eigenvalue weighted by atomic mass is 10.0. The summed E-state index contributed by atoms with van der Waals surface area (Å²) >= 11 is 0. The third-order valence-electron chi connectivity index (χ3n) is 7.56. The van der Waals surface area contributed by atoms with Gasteiger partial charge in [-0.25, -0.2) is 16.8 Å². The molecule has 0 radical (unpaired) electrons. The van der Waals surface area contributed by atoms with Gasteiger partial charge in [-0.1, -0.05) is 6.92 Å². The Morgan fingerprint density at radius 3 is 2.41 bits per heavy atom. The highest BCUT2D eigenvalue weighted by Crippen LogP contribution is 2.29. The molecule has 1 amide bonds. The van der Waals surface area contributed by atoms with E-state index in [4.69, 9.17) is 14.2 Å². The second kappa shape index (κ2) is 15.4. The van der Waals surface area contributed by atoms with Crippen LogP contribution >= 0.6 is 0 Å². The first-order valence-corrected chi connectivity index (χ1v) is 17.9. The number of amides is 1. The second-order valence-corrected chi connectivity index (χ2v) is 15.1. The van der Waals surface area contributed by atoms with Crippen LogP contribution in [0.5, 0.6) is 11.5 Å². The summed E-state index contributed by atoms with van der Waals surface area (Å²) in [5.41, 5.74) is 0.347. The van der Waals surface area contributed by atoms with Gasteiger partial charge in [-0.15, -0.1) is 0 Å². The van der Waals surface area contributed by atoms with E-state index in [1.807, 2.05) is 13.8 Å². The number of benzene rings is 2. The van der Waals surface area contributed by atoms with Gasteiger partial charge in [0.15, 0.2) is 0 Å². The van der Waals surface area contributed by atoms with Crippen LogP contribution in [-0.4, -0.2) is 102 Å². The maximum atomic E-state index is 14.1. The van der Waals surface area contributed by atoms with E-state index in [0.29, 0.717) is 30.9 Å². The zero-order valence-electron chi connectivity index (χ0n) is 26.2. The van der Waals surface area contributed by atoms with Crippen molar-refractivity contribution >= 4 is 31.6 Å². The number of hydrogen-bond acceptors (Lipinski definition) is 9. The molecule has 2 aromatic carbocycles. The van der Waals surface area contributed by atoms with Crippen molar-refractivity contribution in [2.75, 3.05) is 51.4 Å². The van der Waals surface area contributed by atoms with E-state index in [2.05, 4.69) is 4.72 Å². The summed E-state index contributed by atoms with van der Waals surface area (Å²) in [4.78, 5) is 15.7. The Hall–Kier alpha value is -2.91. The zero-order valence-corrected chi connectivity index (χ0v) is 27.9. The minimum atomic E-state index is -3.86. The van der Waals surface area contributed by atoms with Gasteiger partial charge in [0.2, 0.25) is 20.0 Å². The molecule has 0 fully saturated rings. The van der Waals surface area contributed by atoms with Gasteiger partial charge >= 0.3 is 0 Å². The Kier molecular flexibility index (Phi) is 12.4. The Morgan fingerprint density at radius 1 is 1.11 bits per heavy atom. The standard InChI is InChI=1S/C30H45N3O9S2/c1-21-18-33(22(2)20-34)30(35)27-17-24(31-43(6,36)37)10-15-28(27)42-23(3)9-7-8-16-41-29(21)19-32(4)44(38,39)26-13-11-25(40-5)12-14-26/h10-15,17,21-23,29,31,34H,7-9,16,18-20H2,1-6H3/t21-,22-,23-,29-/m1/s1. The van der Waals surface area contributed by atoms with Crippen LogP contribution in [0.15, 0.2) is 47.4 Å². The van der Waals surface area contributed by atoms with Crippen molar-refractivity contribution in [1.29, 1.82) is 0 Å². The first kappa shape index (κ1) is 35.6. The number of methoxy groups -OCH3 is 1. The predicted octanol–water partition coefficient (Wildman–Crippen LogP) is 3.18. The maximum absolute atomic E-state index is 14.1. The van der Waals surface area contributed by atoms with Gasteiger partial charge in [-0.05, 0) is 75.6 Å². The van der Waals surface area contributed by atoms with E-state index in [1.165, 1.54) is 47.6 Å². The normalized spacial score (nSPS) is 21.6. The summed E-state index contributed by atoms with van der Waals surface area (Å²) < 4.78 is 71.9. The Bertz CT molecular complexity index is 1470. The molecule has 3 rings (SSSR count). The number of fused-ring (bicyclic) bond motifs is 1. The number of carbonyl (C=O) groups excluding carboxylic acids is 1. The number of anilines is 1. The molecule has 0 saturated heterocycles. The van der Waals surface area contributed by atoms with Crippen LogP contribution in [0, 0.1) is 5.92 Å². The van der Waals surface area contributed by atoms with Crippen molar-refractivity contribution < 1.29 is 40.9 Å². The van der Waals surface area contributed by atoms with Gasteiger partial charge in [0.25, 0.3) is 5.91 Å². The van der Waals surface area contributed by atoms with Crippen molar-refractivity contribution in [2.24, 2.45) is 5.92 Å². The van der Waals surface area contributed by atoms with Gasteiger partial charge in [-0.2, -0.15) is 4.31 Å². The van der Waals surface area contributed by atoms with Crippen molar-refractivity contribution in [1.82, 2.24) is 9.21 Å². The number of nitrogens with one attached hydrogen (secondary N) is 1. The van der Waals surface area contributed by atoms with Gasteiger partial charge in [0, 0.05) is 38.3 Å². The Balaban J connectivity index is 1.97.